The molecule has 1 aliphatic carbocycles. The second kappa shape index (κ2) is 4.45. The van der Waals surface area contributed by atoms with Crippen LogP contribution in [0.1, 0.15) is 24.1 Å². The van der Waals surface area contributed by atoms with Gasteiger partial charge in [-0.15, -0.1) is 0 Å². The van der Waals surface area contributed by atoms with Crippen LogP contribution < -0.4 is 0 Å². The summed E-state index contributed by atoms with van der Waals surface area (Å²) in [6.45, 7) is 1.93. The van der Waals surface area contributed by atoms with Gasteiger partial charge in [0.1, 0.15) is 0 Å². The van der Waals surface area contributed by atoms with Crippen molar-refractivity contribution in [2.45, 2.75) is 19.8 Å². The van der Waals surface area contributed by atoms with Crippen molar-refractivity contribution >= 4 is 15.4 Å². The molecule has 1 aliphatic rings. The predicted octanol–water partition coefficient (Wildman–Crippen LogP) is 2.50. The molecular weight excluding hydrogens is 234 g/mol. The molecule has 0 atom stereocenters. The summed E-state index contributed by atoms with van der Waals surface area (Å²) in [6.07, 6.45) is 8.20. The van der Waals surface area contributed by atoms with Gasteiger partial charge >= 0.3 is 0 Å². The van der Waals surface area contributed by atoms with E-state index in [1.165, 1.54) is 6.26 Å². The lowest BCUT2D eigenvalue weighted by atomic mass is 9.98. The number of sulfone groups is 1. The summed E-state index contributed by atoms with van der Waals surface area (Å²) in [5, 5.41) is 0. The van der Waals surface area contributed by atoms with Crippen LogP contribution in [0.25, 0.3) is 5.57 Å². The van der Waals surface area contributed by atoms with Gasteiger partial charge in [-0.3, -0.25) is 4.98 Å². The highest BCUT2D eigenvalue weighted by Gasteiger charge is 2.14. The minimum atomic E-state index is -3.11. The molecule has 0 amide bonds. The van der Waals surface area contributed by atoms with Crippen molar-refractivity contribution in [1.29, 1.82) is 0 Å². The van der Waals surface area contributed by atoms with E-state index in [4.69, 9.17) is 0 Å². The fourth-order valence-electron chi connectivity index (χ4n) is 1.82. The first-order chi connectivity index (χ1) is 7.97. The fraction of sp³-hybridized carbons (Fsp3) is 0.308. The summed E-state index contributed by atoms with van der Waals surface area (Å²) in [4.78, 5) is 4.65. The van der Waals surface area contributed by atoms with Crippen LogP contribution in [0.2, 0.25) is 0 Å². The van der Waals surface area contributed by atoms with Crippen LogP contribution in [0, 0.1) is 6.92 Å². The smallest absolute Gasteiger partial charge is 0.175 e. The van der Waals surface area contributed by atoms with Gasteiger partial charge in [-0.05, 0) is 43.0 Å². The lowest BCUT2D eigenvalue weighted by molar-refractivity contribution is 0.608. The minimum absolute atomic E-state index is 0.416. The zero-order chi connectivity index (χ0) is 12.5. The molecule has 0 radical (unpaired) electrons. The van der Waals surface area contributed by atoms with Gasteiger partial charge < -0.3 is 0 Å². The molecule has 0 aliphatic heterocycles. The van der Waals surface area contributed by atoms with E-state index < -0.39 is 9.84 Å². The molecule has 17 heavy (non-hydrogen) atoms. The first-order valence-electron chi connectivity index (χ1n) is 5.50. The summed E-state index contributed by atoms with van der Waals surface area (Å²) < 4.78 is 23.0. The van der Waals surface area contributed by atoms with E-state index in [9.17, 15) is 8.42 Å². The van der Waals surface area contributed by atoms with Crippen molar-refractivity contribution < 1.29 is 8.42 Å². The molecule has 3 nitrogen and oxygen atoms in total. The monoisotopic (exact) mass is 249 g/mol. The molecular formula is C13H15NO2S. The summed E-state index contributed by atoms with van der Waals surface area (Å²) >= 11 is 0. The standard InChI is InChI=1S/C13H15NO2S/c1-10-6-7-12(9-14-10)11-4-3-5-13(8-11)17(2,15)16/h5-9H,3-4H2,1-2H3. The second-order valence-corrected chi connectivity index (χ2v) is 6.29. The van der Waals surface area contributed by atoms with Gasteiger partial charge in [-0.1, -0.05) is 12.1 Å². The molecule has 0 aromatic carbocycles. The van der Waals surface area contributed by atoms with Gasteiger partial charge in [0.05, 0.1) is 4.91 Å². The van der Waals surface area contributed by atoms with Crippen LogP contribution in [0.4, 0.5) is 0 Å². The summed E-state index contributed by atoms with van der Waals surface area (Å²) in [5.41, 5.74) is 3.01. The normalized spacial score (nSPS) is 16.4. The van der Waals surface area contributed by atoms with Crippen LogP contribution in [-0.4, -0.2) is 19.7 Å². The molecule has 0 saturated carbocycles. The molecule has 4 heteroatoms. The number of allylic oxidation sites excluding steroid dienone is 3. The van der Waals surface area contributed by atoms with Crippen LogP contribution in [0.3, 0.4) is 0 Å². The molecule has 0 bridgehead atoms. The van der Waals surface area contributed by atoms with Gasteiger partial charge in [0.2, 0.25) is 0 Å². The maximum absolute atomic E-state index is 11.5. The predicted molar refractivity (Wildman–Crippen MR) is 69.1 cm³/mol. The molecule has 90 valence electrons. The first kappa shape index (κ1) is 12.0. The van der Waals surface area contributed by atoms with Crippen LogP contribution in [-0.2, 0) is 9.84 Å². The van der Waals surface area contributed by atoms with Gasteiger partial charge in [-0.25, -0.2) is 8.42 Å². The van der Waals surface area contributed by atoms with Gasteiger partial charge in [0, 0.05) is 18.1 Å². The summed E-state index contributed by atoms with van der Waals surface area (Å²) in [7, 11) is -3.11. The molecule has 1 heterocycles. The van der Waals surface area contributed by atoms with E-state index in [1.54, 1.807) is 18.3 Å². The quantitative estimate of drug-likeness (QED) is 0.809. The molecule has 2 rings (SSSR count). The summed E-state index contributed by atoms with van der Waals surface area (Å²) in [6, 6.07) is 3.92. The van der Waals surface area contributed by atoms with Gasteiger partial charge in [-0.2, -0.15) is 0 Å². The third-order valence-corrected chi connectivity index (χ3v) is 3.93. The third kappa shape index (κ3) is 2.82. The Hall–Kier alpha value is -1.42. The Kier molecular flexibility index (Phi) is 3.15. The Morgan fingerprint density at radius 3 is 2.65 bits per heavy atom. The Morgan fingerprint density at radius 2 is 2.06 bits per heavy atom. The summed E-state index contributed by atoms with van der Waals surface area (Å²) in [5.74, 6) is 0. The SMILES string of the molecule is Cc1ccc(C2=CC(S(C)(=O)=O)=CCC2)cn1. The maximum Gasteiger partial charge on any atom is 0.175 e. The molecule has 0 fully saturated rings. The number of rotatable bonds is 2. The van der Waals surface area contributed by atoms with Crippen molar-refractivity contribution in [3.8, 4) is 0 Å². The van der Waals surface area contributed by atoms with Crippen molar-refractivity contribution in [2.75, 3.05) is 6.26 Å². The van der Waals surface area contributed by atoms with Gasteiger partial charge in [0.15, 0.2) is 9.84 Å². The van der Waals surface area contributed by atoms with E-state index in [0.29, 0.717) is 4.91 Å². The zero-order valence-electron chi connectivity index (χ0n) is 9.97. The van der Waals surface area contributed by atoms with E-state index in [1.807, 2.05) is 19.1 Å². The zero-order valence-corrected chi connectivity index (χ0v) is 10.8. The van der Waals surface area contributed by atoms with Crippen molar-refractivity contribution in [2.24, 2.45) is 0 Å². The van der Waals surface area contributed by atoms with E-state index in [-0.39, 0.29) is 0 Å². The van der Waals surface area contributed by atoms with Crippen LogP contribution in [0.5, 0.6) is 0 Å². The molecule has 1 aromatic rings. The van der Waals surface area contributed by atoms with Crippen LogP contribution >= 0.6 is 0 Å². The topological polar surface area (TPSA) is 47.0 Å². The van der Waals surface area contributed by atoms with E-state index in [2.05, 4.69) is 4.98 Å². The molecule has 0 unspecified atom stereocenters. The number of pyridine rings is 1. The number of aromatic nitrogens is 1. The fourth-order valence-corrected chi connectivity index (χ4v) is 2.59. The second-order valence-electron chi connectivity index (χ2n) is 4.28. The highest BCUT2D eigenvalue weighted by molar-refractivity contribution is 7.94. The number of hydrogen-bond donors (Lipinski definition) is 0. The lowest BCUT2D eigenvalue weighted by Crippen LogP contribution is -2.03. The van der Waals surface area contributed by atoms with Crippen molar-refractivity contribution in [1.82, 2.24) is 4.98 Å². The Labute approximate surface area is 102 Å². The lowest BCUT2D eigenvalue weighted by Gasteiger charge is -2.13. The first-order valence-corrected chi connectivity index (χ1v) is 7.40. The molecule has 0 spiro atoms. The average Bonchev–Trinajstić information content (AvgIpc) is 2.29. The average molecular weight is 249 g/mol. The highest BCUT2D eigenvalue weighted by Crippen LogP contribution is 2.27. The van der Waals surface area contributed by atoms with E-state index >= 15 is 0 Å². The van der Waals surface area contributed by atoms with E-state index in [0.717, 1.165) is 29.7 Å². The third-order valence-electron chi connectivity index (χ3n) is 2.79. The molecule has 1 aromatic heterocycles. The highest BCUT2D eigenvalue weighted by atomic mass is 32.2. The minimum Gasteiger partial charge on any atom is -0.261 e. The number of aryl methyl sites for hydroxylation is 1. The number of hydrogen-bond acceptors (Lipinski definition) is 3. The van der Waals surface area contributed by atoms with Crippen LogP contribution in [0.15, 0.2) is 35.4 Å². The molecule has 0 N–H and O–H groups in total. The van der Waals surface area contributed by atoms with Crippen molar-refractivity contribution in [3.05, 3.63) is 46.6 Å². The Bertz CT molecular complexity index is 580. The van der Waals surface area contributed by atoms with Crippen molar-refractivity contribution in [3.63, 3.8) is 0 Å². The maximum atomic E-state index is 11.5. The Morgan fingerprint density at radius 1 is 1.29 bits per heavy atom. The largest absolute Gasteiger partial charge is 0.261 e. The molecule has 0 saturated heterocycles. The Balaban J connectivity index is 2.38. The van der Waals surface area contributed by atoms with Gasteiger partial charge in [0.25, 0.3) is 0 Å². The number of nitrogens with zero attached hydrogens (tertiary/aromatic N) is 1.